The van der Waals surface area contributed by atoms with Crippen molar-refractivity contribution in [2.75, 3.05) is 33.3 Å². The van der Waals surface area contributed by atoms with Gasteiger partial charge >= 0.3 is 0 Å². The van der Waals surface area contributed by atoms with Crippen molar-refractivity contribution in [1.29, 1.82) is 0 Å². The quantitative estimate of drug-likeness (QED) is 0.790. The lowest BCUT2D eigenvalue weighted by Gasteiger charge is -2.36. The third-order valence-electron chi connectivity index (χ3n) is 4.41. The Labute approximate surface area is 154 Å². The molecule has 0 spiro atoms. The number of methoxy groups -OCH3 is 1. The minimum Gasteiger partial charge on any atom is -0.497 e. The van der Waals surface area contributed by atoms with E-state index in [1.807, 2.05) is 6.07 Å². The summed E-state index contributed by atoms with van der Waals surface area (Å²) in [5, 5.41) is 3.45. The molecule has 1 aromatic carbocycles. The van der Waals surface area contributed by atoms with Crippen molar-refractivity contribution in [2.24, 2.45) is 5.92 Å². The number of piperazine rings is 1. The summed E-state index contributed by atoms with van der Waals surface area (Å²) in [6, 6.07) is 6.88. The Kier molecular flexibility index (Phi) is 8.50. The normalized spacial score (nSPS) is 19.7. The van der Waals surface area contributed by atoms with Gasteiger partial charge in [0.1, 0.15) is 5.75 Å². The molecule has 0 unspecified atom stereocenters. The average Bonchev–Trinajstić information content (AvgIpc) is 3.31. The van der Waals surface area contributed by atoms with Crippen molar-refractivity contribution in [1.82, 2.24) is 10.2 Å². The Hall–Kier alpha value is -0.000000000000000111. The van der Waals surface area contributed by atoms with Crippen LogP contribution in [0.3, 0.4) is 0 Å². The van der Waals surface area contributed by atoms with Gasteiger partial charge in [-0.15, -0.1) is 24.8 Å². The summed E-state index contributed by atoms with van der Waals surface area (Å²) < 4.78 is 6.63. The summed E-state index contributed by atoms with van der Waals surface area (Å²) in [6.07, 6.45) is 4.10. The molecule has 22 heavy (non-hydrogen) atoms. The van der Waals surface area contributed by atoms with Crippen molar-refractivity contribution in [3.63, 3.8) is 0 Å². The van der Waals surface area contributed by atoms with Crippen LogP contribution >= 0.6 is 40.7 Å². The first-order valence-corrected chi connectivity index (χ1v) is 8.35. The Morgan fingerprint density at radius 3 is 2.55 bits per heavy atom. The van der Waals surface area contributed by atoms with Gasteiger partial charge in [-0.3, -0.25) is 4.90 Å². The van der Waals surface area contributed by atoms with E-state index in [0.717, 1.165) is 37.8 Å². The standard InChI is InChI=1S/C16H23BrN2O.2ClH/c1-20-13-4-5-15(17)14(11-13)16(10-12-2-3-12)19-8-6-18-7-9-19;;/h4-5,11-12,16,18H,2-3,6-10H2,1H3;2*1H/t16-;;/m0../s1. The van der Waals surface area contributed by atoms with Gasteiger partial charge < -0.3 is 10.1 Å². The van der Waals surface area contributed by atoms with Gasteiger partial charge in [-0.1, -0.05) is 28.8 Å². The molecule has 126 valence electrons. The van der Waals surface area contributed by atoms with Crippen LogP contribution in [-0.4, -0.2) is 38.2 Å². The minimum absolute atomic E-state index is 0. The zero-order valence-corrected chi connectivity index (χ0v) is 16.1. The molecule has 2 fully saturated rings. The number of nitrogens with one attached hydrogen (secondary N) is 1. The zero-order valence-electron chi connectivity index (χ0n) is 12.9. The number of benzene rings is 1. The van der Waals surface area contributed by atoms with Crippen LogP contribution in [0.5, 0.6) is 5.75 Å². The molecular formula is C16H25BrCl2N2O. The van der Waals surface area contributed by atoms with Crippen LogP contribution in [0.15, 0.2) is 22.7 Å². The van der Waals surface area contributed by atoms with Gasteiger partial charge in [0.25, 0.3) is 0 Å². The fourth-order valence-corrected chi connectivity index (χ4v) is 3.55. The molecule has 0 bridgehead atoms. The summed E-state index contributed by atoms with van der Waals surface area (Å²) in [5.41, 5.74) is 1.39. The first-order chi connectivity index (χ1) is 9.78. The number of rotatable bonds is 5. The third kappa shape index (κ3) is 5.00. The second-order valence-electron chi connectivity index (χ2n) is 5.87. The highest BCUT2D eigenvalue weighted by Crippen LogP contribution is 2.42. The van der Waals surface area contributed by atoms with Crippen molar-refractivity contribution >= 4 is 40.7 Å². The first-order valence-electron chi connectivity index (χ1n) is 7.56. The Bertz CT molecular complexity index is 465. The summed E-state index contributed by atoms with van der Waals surface area (Å²) in [6.45, 7) is 4.48. The molecule has 1 saturated heterocycles. The molecule has 0 radical (unpaired) electrons. The number of hydrogen-bond acceptors (Lipinski definition) is 3. The van der Waals surface area contributed by atoms with E-state index in [-0.39, 0.29) is 24.8 Å². The number of nitrogens with zero attached hydrogens (tertiary/aromatic N) is 1. The topological polar surface area (TPSA) is 24.5 Å². The molecule has 6 heteroatoms. The lowest BCUT2D eigenvalue weighted by Crippen LogP contribution is -2.45. The van der Waals surface area contributed by atoms with Gasteiger partial charge in [0, 0.05) is 36.7 Å². The maximum absolute atomic E-state index is 5.42. The molecular weight excluding hydrogens is 387 g/mol. The van der Waals surface area contributed by atoms with Crippen LogP contribution in [0.4, 0.5) is 0 Å². The molecule has 1 aliphatic heterocycles. The maximum Gasteiger partial charge on any atom is 0.119 e. The second kappa shape index (κ2) is 9.33. The van der Waals surface area contributed by atoms with Crippen LogP contribution in [0.1, 0.15) is 30.9 Å². The van der Waals surface area contributed by atoms with E-state index in [2.05, 4.69) is 38.3 Å². The highest BCUT2D eigenvalue weighted by Gasteiger charge is 2.31. The van der Waals surface area contributed by atoms with Crippen LogP contribution in [0.2, 0.25) is 0 Å². The lowest BCUT2D eigenvalue weighted by atomic mass is 9.98. The maximum atomic E-state index is 5.42. The van der Waals surface area contributed by atoms with Crippen LogP contribution in [0, 0.1) is 5.92 Å². The fraction of sp³-hybridized carbons (Fsp3) is 0.625. The summed E-state index contributed by atoms with van der Waals surface area (Å²) >= 11 is 3.74. The molecule has 3 rings (SSSR count). The SMILES string of the molecule is COc1ccc(Br)c([C@H](CC2CC2)N2CCNCC2)c1.Cl.Cl. The molecule has 1 N–H and O–H groups in total. The Morgan fingerprint density at radius 2 is 1.95 bits per heavy atom. The number of hydrogen-bond donors (Lipinski definition) is 1. The van der Waals surface area contributed by atoms with Gasteiger partial charge in [-0.2, -0.15) is 0 Å². The smallest absolute Gasteiger partial charge is 0.119 e. The second-order valence-corrected chi connectivity index (χ2v) is 6.72. The van der Waals surface area contributed by atoms with Crippen LogP contribution < -0.4 is 10.1 Å². The highest BCUT2D eigenvalue weighted by atomic mass is 79.9. The Balaban J connectivity index is 0.00000121. The van der Waals surface area contributed by atoms with Gasteiger partial charge in [0.15, 0.2) is 0 Å². The minimum atomic E-state index is 0. The fourth-order valence-electron chi connectivity index (χ4n) is 3.04. The third-order valence-corrected chi connectivity index (χ3v) is 5.13. The number of halogens is 3. The highest BCUT2D eigenvalue weighted by molar-refractivity contribution is 9.10. The molecule has 0 aromatic heterocycles. The molecule has 1 aromatic rings. The van der Waals surface area contributed by atoms with E-state index in [1.54, 1.807) is 7.11 Å². The van der Waals surface area contributed by atoms with E-state index in [9.17, 15) is 0 Å². The molecule has 3 nitrogen and oxygen atoms in total. The first kappa shape index (κ1) is 20.0. The van der Waals surface area contributed by atoms with Crippen molar-refractivity contribution in [3.05, 3.63) is 28.2 Å². The van der Waals surface area contributed by atoms with E-state index < -0.39 is 0 Å². The van der Waals surface area contributed by atoms with Gasteiger partial charge in [0.2, 0.25) is 0 Å². The zero-order chi connectivity index (χ0) is 13.9. The lowest BCUT2D eigenvalue weighted by molar-refractivity contribution is 0.160. The molecule has 2 aliphatic rings. The predicted octanol–water partition coefficient (Wildman–Crippen LogP) is 4.05. The molecule has 1 atom stereocenters. The van der Waals surface area contributed by atoms with E-state index in [0.29, 0.717) is 6.04 Å². The molecule has 1 saturated carbocycles. The Morgan fingerprint density at radius 1 is 1.27 bits per heavy atom. The molecule has 0 amide bonds. The monoisotopic (exact) mass is 410 g/mol. The van der Waals surface area contributed by atoms with E-state index in [1.165, 1.54) is 29.3 Å². The summed E-state index contributed by atoms with van der Waals surface area (Å²) in [4.78, 5) is 2.63. The summed E-state index contributed by atoms with van der Waals surface area (Å²) in [5.74, 6) is 1.88. The van der Waals surface area contributed by atoms with E-state index >= 15 is 0 Å². The molecule has 1 heterocycles. The van der Waals surface area contributed by atoms with Gasteiger partial charge in [0.05, 0.1) is 7.11 Å². The van der Waals surface area contributed by atoms with Crippen molar-refractivity contribution in [2.45, 2.75) is 25.3 Å². The largest absolute Gasteiger partial charge is 0.497 e. The number of ether oxygens (including phenoxy) is 1. The molecule has 1 aliphatic carbocycles. The van der Waals surface area contributed by atoms with E-state index in [4.69, 9.17) is 4.74 Å². The van der Waals surface area contributed by atoms with Crippen molar-refractivity contribution in [3.8, 4) is 5.75 Å². The average molecular weight is 412 g/mol. The summed E-state index contributed by atoms with van der Waals surface area (Å²) in [7, 11) is 1.74. The van der Waals surface area contributed by atoms with Gasteiger partial charge in [-0.25, -0.2) is 0 Å². The van der Waals surface area contributed by atoms with Crippen LogP contribution in [0.25, 0.3) is 0 Å². The van der Waals surface area contributed by atoms with Gasteiger partial charge in [-0.05, 0) is 36.1 Å². The van der Waals surface area contributed by atoms with Crippen LogP contribution in [-0.2, 0) is 0 Å². The van der Waals surface area contributed by atoms with Crippen molar-refractivity contribution < 1.29 is 4.74 Å². The predicted molar refractivity (Wildman–Crippen MR) is 99.7 cm³/mol.